The minimum atomic E-state index is -0.867. The summed E-state index contributed by atoms with van der Waals surface area (Å²) in [6, 6.07) is 14.0. The molecule has 0 unspecified atom stereocenters. The van der Waals surface area contributed by atoms with E-state index in [4.69, 9.17) is 5.11 Å². The van der Waals surface area contributed by atoms with Gasteiger partial charge in [-0.1, -0.05) is 18.2 Å². The number of nitrogens with zero attached hydrogens (tertiary/aromatic N) is 1. The normalized spacial score (nSPS) is 13.3. The summed E-state index contributed by atoms with van der Waals surface area (Å²) in [5, 5.41) is 9.13. The Morgan fingerprint density at radius 3 is 2.67 bits per heavy atom. The largest absolute Gasteiger partial charge is 0.478 e. The van der Waals surface area contributed by atoms with Crippen molar-refractivity contribution in [3.63, 3.8) is 0 Å². The smallest absolute Gasteiger partial charge is 0.335 e. The van der Waals surface area contributed by atoms with Crippen LogP contribution in [0.15, 0.2) is 47.4 Å². The van der Waals surface area contributed by atoms with Crippen LogP contribution in [-0.4, -0.2) is 23.9 Å². The summed E-state index contributed by atoms with van der Waals surface area (Å²) >= 11 is 1.74. The monoisotopic (exact) mass is 299 g/mol. The second-order valence-electron chi connectivity index (χ2n) is 5.17. The Hall–Kier alpha value is -1.94. The first-order chi connectivity index (χ1) is 10.2. The molecule has 1 aliphatic heterocycles. The molecular formula is C17H17NO2S. The molecule has 0 saturated heterocycles. The van der Waals surface area contributed by atoms with Crippen LogP contribution in [0.5, 0.6) is 0 Å². The SMILES string of the molecule is CSc1ccc(CN2CCc3ccc(C(=O)O)cc32)cc1. The molecule has 0 spiro atoms. The first-order valence-electron chi connectivity index (χ1n) is 6.91. The van der Waals surface area contributed by atoms with Crippen molar-refractivity contribution >= 4 is 23.4 Å². The van der Waals surface area contributed by atoms with E-state index in [2.05, 4.69) is 35.4 Å². The van der Waals surface area contributed by atoms with Crippen molar-refractivity contribution in [1.29, 1.82) is 0 Å². The molecule has 3 nitrogen and oxygen atoms in total. The number of aromatic carboxylic acids is 1. The maximum Gasteiger partial charge on any atom is 0.335 e. The van der Waals surface area contributed by atoms with Gasteiger partial charge < -0.3 is 10.0 Å². The van der Waals surface area contributed by atoms with E-state index in [9.17, 15) is 4.79 Å². The fourth-order valence-corrected chi connectivity index (χ4v) is 3.10. The number of carbonyl (C=O) groups is 1. The zero-order valence-electron chi connectivity index (χ0n) is 11.9. The lowest BCUT2D eigenvalue weighted by molar-refractivity contribution is 0.0697. The molecule has 0 fully saturated rings. The molecule has 2 aromatic carbocycles. The molecule has 0 bridgehead atoms. The lowest BCUT2D eigenvalue weighted by Crippen LogP contribution is -2.19. The molecule has 108 valence electrons. The summed E-state index contributed by atoms with van der Waals surface area (Å²) < 4.78 is 0. The topological polar surface area (TPSA) is 40.5 Å². The summed E-state index contributed by atoms with van der Waals surface area (Å²) in [6.45, 7) is 1.77. The summed E-state index contributed by atoms with van der Waals surface area (Å²) in [5.41, 5.74) is 3.91. The molecule has 1 heterocycles. The van der Waals surface area contributed by atoms with Crippen molar-refractivity contribution in [2.24, 2.45) is 0 Å². The quantitative estimate of drug-likeness (QED) is 0.875. The van der Waals surface area contributed by atoms with Crippen LogP contribution in [0.3, 0.4) is 0 Å². The Morgan fingerprint density at radius 1 is 1.24 bits per heavy atom. The number of anilines is 1. The average molecular weight is 299 g/mol. The van der Waals surface area contributed by atoms with Crippen molar-refractivity contribution in [2.75, 3.05) is 17.7 Å². The molecule has 0 amide bonds. The van der Waals surface area contributed by atoms with Gasteiger partial charge in [-0.2, -0.15) is 0 Å². The van der Waals surface area contributed by atoms with Crippen LogP contribution in [0.2, 0.25) is 0 Å². The van der Waals surface area contributed by atoms with Crippen molar-refractivity contribution in [2.45, 2.75) is 17.9 Å². The lowest BCUT2D eigenvalue weighted by Gasteiger charge is -2.20. The van der Waals surface area contributed by atoms with Crippen LogP contribution < -0.4 is 4.90 Å². The van der Waals surface area contributed by atoms with E-state index < -0.39 is 5.97 Å². The maximum absolute atomic E-state index is 11.1. The predicted octanol–water partition coefficient (Wildman–Crippen LogP) is 3.67. The molecule has 21 heavy (non-hydrogen) atoms. The standard InChI is InChI=1S/C17H17NO2S/c1-21-15-6-2-12(3-7-15)11-18-9-8-13-4-5-14(17(19)20)10-16(13)18/h2-7,10H,8-9,11H2,1H3,(H,19,20). The third-order valence-electron chi connectivity index (χ3n) is 3.86. The van der Waals surface area contributed by atoms with Crippen LogP contribution >= 0.6 is 11.8 Å². The van der Waals surface area contributed by atoms with Crippen molar-refractivity contribution < 1.29 is 9.90 Å². The molecule has 1 aliphatic rings. The second kappa shape index (κ2) is 5.82. The van der Waals surface area contributed by atoms with Gasteiger partial charge in [0, 0.05) is 23.7 Å². The highest BCUT2D eigenvalue weighted by atomic mass is 32.2. The lowest BCUT2D eigenvalue weighted by atomic mass is 10.1. The Bertz CT molecular complexity index is 667. The van der Waals surface area contributed by atoms with Gasteiger partial charge in [-0.05, 0) is 48.1 Å². The summed E-state index contributed by atoms with van der Waals surface area (Å²) in [5.74, 6) is -0.867. The van der Waals surface area contributed by atoms with Crippen LogP contribution in [0.25, 0.3) is 0 Å². The predicted molar refractivity (Wildman–Crippen MR) is 86.4 cm³/mol. The maximum atomic E-state index is 11.1. The number of rotatable bonds is 4. The molecule has 2 aromatic rings. The van der Waals surface area contributed by atoms with E-state index in [0.29, 0.717) is 5.56 Å². The Morgan fingerprint density at radius 2 is 2.00 bits per heavy atom. The number of thioether (sulfide) groups is 1. The highest BCUT2D eigenvalue weighted by Crippen LogP contribution is 2.30. The van der Waals surface area contributed by atoms with Crippen LogP contribution in [0.1, 0.15) is 21.5 Å². The van der Waals surface area contributed by atoms with Gasteiger partial charge in [0.2, 0.25) is 0 Å². The van der Waals surface area contributed by atoms with Gasteiger partial charge in [-0.25, -0.2) is 4.79 Å². The van der Waals surface area contributed by atoms with E-state index in [0.717, 1.165) is 25.2 Å². The molecule has 0 saturated carbocycles. The average Bonchev–Trinajstić information content (AvgIpc) is 2.90. The first-order valence-corrected chi connectivity index (χ1v) is 8.14. The van der Waals surface area contributed by atoms with Crippen LogP contribution in [0, 0.1) is 0 Å². The first kappa shape index (κ1) is 14.0. The van der Waals surface area contributed by atoms with E-state index in [1.54, 1.807) is 23.9 Å². The minimum Gasteiger partial charge on any atom is -0.478 e. The third-order valence-corrected chi connectivity index (χ3v) is 4.60. The number of carboxylic acids is 1. The number of hydrogen-bond donors (Lipinski definition) is 1. The Kier molecular flexibility index (Phi) is 3.88. The Labute approximate surface area is 128 Å². The van der Waals surface area contributed by atoms with Gasteiger partial charge in [-0.3, -0.25) is 0 Å². The second-order valence-corrected chi connectivity index (χ2v) is 6.05. The number of fused-ring (bicyclic) bond motifs is 1. The van der Waals surface area contributed by atoms with E-state index in [-0.39, 0.29) is 0 Å². The summed E-state index contributed by atoms with van der Waals surface area (Å²) in [4.78, 5) is 14.6. The van der Waals surface area contributed by atoms with Crippen molar-refractivity contribution in [1.82, 2.24) is 0 Å². The molecule has 0 aliphatic carbocycles. The van der Waals surface area contributed by atoms with Gasteiger partial charge in [0.1, 0.15) is 0 Å². The zero-order valence-corrected chi connectivity index (χ0v) is 12.7. The van der Waals surface area contributed by atoms with Crippen LogP contribution in [-0.2, 0) is 13.0 Å². The van der Waals surface area contributed by atoms with Crippen molar-refractivity contribution in [3.05, 3.63) is 59.2 Å². The van der Waals surface area contributed by atoms with Gasteiger partial charge in [0.25, 0.3) is 0 Å². The number of carboxylic acid groups (broad SMARTS) is 1. The molecular weight excluding hydrogens is 282 g/mol. The van der Waals surface area contributed by atoms with Crippen LogP contribution in [0.4, 0.5) is 5.69 Å². The van der Waals surface area contributed by atoms with Gasteiger partial charge in [-0.15, -0.1) is 11.8 Å². The van der Waals surface area contributed by atoms with E-state index in [1.165, 1.54) is 16.0 Å². The third kappa shape index (κ3) is 2.90. The summed E-state index contributed by atoms with van der Waals surface area (Å²) in [7, 11) is 0. The molecule has 0 aromatic heterocycles. The van der Waals surface area contributed by atoms with Gasteiger partial charge in [0.15, 0.2) is 0 Å². The minimum absolute atomic E-state index is 0.360. The van der Waals surface area contributed by atoms with Crippen molar-refractivity contribution in [3.8, 4) is 0 Å². The molecule has 3 rings (SSSR count). The molecule has 0 atom stereocenters. The molecule has 1 N–H and O–H groups in total. The molecule has 4 heteroatoms. The van der Waals surface area contributed by atoms with E-state index >= 15 is 0 Å². The summed E-state index contributed by atoms with van der Waals surface area (Å²) in [6.07, 6.45) is 3.05. The van der Waals surface area contributed by atoms with Gasteiger partial charge in [0.05, 0.1) is 5.56 Å². The highest BCUT2D eigenvalue weighted by Gasteiger charge is 2.20. The van der Waals surface area contributed by atoms with E-state index in [1.807, 2.05) is 6.07 Å². The number of hydrogen-bond acceptors (Lipinski definition) is 3. The fraction of sp³-hybridized carbons (Fsp3) is 0.235. The Balaban J connectivity index is 1.82. The van der Waals surface area contributed by atoms with Gasteiger partial charge >= 0.3 is 5.97 Å². The molecule has 0 radical (unpaired) electrons. The zero-order chi connectivity index (χ0) is 14.8. The highest BCUT2D eigenvalue weighted by molar-refractivity contribution is 7.98. The fourth-order valence-electron chi connectivity index (χ4n) is 2.69. The number of benzene rings is 2.